The summed E-state index contributed by atoms with van der Waals surface area (Å²) in [5.41, 5.74) is 13.2. The Morgan fingerprint density at radius 1 is 0.661 bits per heavy atom. The SMILES string of the molecule is CN1B(c2ccccc2)n2ccnc2-c2[c-]c(Oc3cccc(-n4[c-][n+]5c6c(cccc64)-c4ccccc4-c4ccccc4-c4ccccc4-5)c3O)ccc21.[Pt+2]. The number of hydrogen-bond acceptors (Lipinski definition) is 4. The Bertz CT molecular complexity index is 2980. The van der Waals surface area contributed by atoms with Gasteiger partial charge < -0.3 is 19.1 Å². The summed E-state index contributed by atoms with van der Waals surface area (Å²) < 4.78 is 12.7. The van der Waals surface area contributed by atoms with Crippen LogP contribution in [0.3, 0.4) is 0 Å². The maximum atomic E-state index is 12.0. The maximum Gasteiger partial charge on any atom is 2.00 e. The molecule has 0 amide bonds. The fourth-order valence-corrected chi connectivity index (χ4v) is 8.44. The number of para-hydroxylation sites is 3. The van der Waals surface area contributed by atoms with Crippen LogP contribution in [0.4, 0.5) is 5.69 Å². The molecule has 0 saturated heterocycles. The Morgan fingerprint density at radius 3 is 2.07 bits per heavy atom. The second-order valence-corrected chi connectivity index (χ2v) is 13.9. The van der Waals surface area contributed by atoms with E-state index in [1.165, 1.54) is 5.56 Å². The van der Waals surface area contributed by atoms with Crippen molar-refractivity contribution in [3.8, 4) is 73.4 Å². The van der Waals surface area contributed by atoms with E-state index < -0.39 is 0 Å². The smallest absolute Gasteiger partial charge is 0.508 e. The Labute approximate surface area is 338 Å². The van der Waals surface area contributed by atoms with Crippen molar-refractivity contribution in [3.63, 3.8) is 0 Å². The molecule has 2 aliphatic heterocycles. The number of phenols is 1. The van der Waals surface area contributed by atoms with Gasteiger partial charge in [-0.15, -0.1) is 6.07 Å². The van der Waals surface area contributed by atoms with Crippen LogP contribution in [0.5, 0.6) is 17.2 Å². The average Bonchev–Trinajstić information content (AvgIpc) is 3.89. The Balaban J connectivity index is 0.00000384. The van der Waals surface area contributed by atoms with Crippen LogP contribution in [0, 0.1) is 12.4 Å². The molecule has 11 rings (SSSR count). The number of anilines is 1. The maximum absolute atomic E-state index is 12.0. The van der Waals surface area contributed by atoms with Gasteiger partial charge in [0, 0.05) is 24.0 Å². The van der Waals surface area contributed by atoms with Crippen molar-refractivity contribution in [2.45, 2.75) is 0 Å². The van der Waals surface area contributed by atoms with E-state index in [0.29, 0.717) is 17.2 Å². The van der Waals surface area contributed by atoms with Crippen molar-refractivity contribution in [2.75, 3.05) is 11.9 Å². The third-order valence-electron chi connectivity index (χ3n) is 10.9. The molecular formula is C47H31BN5O2Pt+. The molecule has 0 unspecified atom stereocenters. The first kappa shape index (κ1) is 33.9. The van der Waals surface area contributed by atoms with Gasteiger partial charge in [-0.25, -0.2) is 0 Å². The van der Waals surface area contributed by atoms with Gasteiger partial charge >= 0.3 is 28.0 Å². The van der Waals surface area contributed by atoms with Crippen molar-refractivity contribution < 1.29 is 35.5 Å². The number of nitrogens with zero attached hydrogens (tertiary/aromatic N) is 5. The molecule has 2 aromatic heterocycles. The van der Waals surface area contributed by atoms with Crippen LogP contribution in [0.2, 0.25) is 0 Å². The van der Waals surface area contributed by atoms with Crippen molar-refractivity contribution in [3.05, 3.63) is 176 Å². The standard InChI is InChI=1S/C47H31BN5O2.Pt/c1-50-40-26-25-32(29-39(40)47-49-27-28-53(47)48(50)31-13-3-2-4-14-31)55-44-24-12-23-43(46(44)54)51-30-52-41-21-10-9-19-37(41)35-17-7-5-15-33(35)34-16-6-8-18-36(34)38-20-11-22-42(51)45(38)52;/h2-28,54H,1H3;/q-1;+2. The van der Waals surface area contributed by atoms with Crippen molar-refractivity contribution >= 4 is 29.2 Å². The van der Waals surface area contributed by atoms with E-state index in [9.17, 15) is 5.11 Å². The molecule has 9 heteroatoms. The van der Waals surface area contributed by atoms with Crippen LogP contribution in [0.1, 0.15) is 0 Å². The number of phenolic OH excluding ortho intramolecular Hbond substituents is 1. The minimum Gasteiger partial charge on any atom is -0.508 e. The Morgan fingerprint density at radius 2 is 1.30 bits per heavy atom. The fourth-order valence-electron chi connectivity index (χ4n) is 8.44. The molecule has 0 saturated carbocycles. The third kappa shape index (κ3) is 5.10. The number of benzene rings is 7. The molecule has 7 nitrogen and oxygen atoms in total. The zero-order chi connectivity index (χ0) is 36.6. The average molecular weight is 904 g/mol. The predicted molar refractivity (Wildman–Crippen MR) is 217 cm³/mol. The monoisotopic (exact) mass is 903 g/mol. The van der Waals surface area contributed by atoms with Gasteiger partial charge in [-0.3, -0.25) is 14.1 Å². The predicted octanol–water partition coefficient (Wildman–Crippen LogP) is 8.87. The van der Waals surface area contributed by atoms with E-state index in [1.54, 1.807) is 6.07 Å². The first-order chi connectivity index (χ1) is 27.1. The van der Waals surface area contributed by atoms with E-state index in [-0.39, 0.29) is 33.8 Å². The molecule has 0 radical (unpaired) electrons. The number of hydrogen-bond donors (Lipinski definition) is 1. The molecule has 9 aromatic rings. The molecule has 2 aliphatic rings. The van der Waals surface area contributed by atoms with Gasteiger partial charge in [-0.2, -0.15) is 0 Å². The summed E-state index contributed by atoms with van der Waals surface area (Å²) in [7, 11) is 2.08. The quantitative estimate of drug-likeness (QED) is 0.109. The Kier molecular flexibility index (Phi) is 8.05. The summed E-state index contributed by atoms with van der Waals surface area (Å²) in [6.07, 6.45) is 7.47. The van der Waals surface area contributed by atoms with E-state index in [2.05, 4.69) is 149 Å². The van der Waals surface area contributed by atoms with Gasteiger partial charge in [0.25, 0.3) is 6.33 Å². The van der Waals surface area contributed by atoms with Crippen LogP contribution in [0.25, 0.3) is 67.2 Å². The zero-order valence-corrected chi connectivity index (χ0v) is 32.3. The number of imidazole rings is 2. The second kappa shape index (κ2) is 13.3. The number of aromatic hydroxyl groups is 1. The van der Waals surface area contributed by atoms with E-state index >= 15 is 0 Å². The minimum atomic E-state index is -0.0489. The van der Waals surface area contributed by atoms with Crippen LogP contribution in [-0.4, -0.2) is 33.2 Å². The van der Waals surface area contributed by atoms with Gasteiger partial charge in [0.05, 0.1) is 16.7 Å². The summed E-state index contributed by atoms with van der Waals surface area (Å²) in [4.78, 5) is 6.96. The second-order valence-electron chi connectivity index (χ2n) is 13.9. The number of ether oxygens (including phenoxy) is 1. The normalized spacial score (nSPS) is 12.2. The number of rotatable bonds is 4. The molecule has 0 atom stereocenters. The largest absolute Gasteiger partial charge is 2.00 e. The Hall–Kier alpha value is -6.63. The molecule has 0 aliphatic carbocycles. The van der Waals surface area contributed by atoms with E-state index in [0.717, 1.165) is 67.1 Å². The van der Waals surface area contributed by atoms with E-state index in [1.807, 2.05) is 47.3 Å². The number of fused-ring (bicyclic) bond motifs is 10. The summed E-state index contributed by atoms with van der Waals surface area (Å²) in [5, 5.41) is 12.0. The first-order valence-corrected chi connectivity index (χ1v) is 18.3. The molecule has 0 fully saturated rings. The van der Waals surface area contributed by atoms with Crippen molar-refractivity contribution in [2.24, 2.45) is 0 Å². The first-order valence-electron chi connectivity index (χ1n) is 18.3. The van der Waals surface area contributed by atoms with Crippen LogP contribution in [-0.2, 0) is 21.1 Å². The topological polar surface area (TPSA) is 59.3 Å². The summed E-state index contributed by atoms with van der Waals surface area (Å²) in [5.74, 6) is 1.57. The summed E-state index contributed by atoms with van der Waals surface area (Å²) >= 11 is 0. The molecule has 0 bridgehead atoms. The molecule has 7 aromatic carbocycles. The molecule has 1 N–H and O–H groups in total. The van der Waals surface area contributed by atoms with Crippen LogP contribution < -0.4 is 19.6 Å². The van der Waals surface area contributed by atoms with Crippen LogP contribution >= 0.6 is 0 Å². The van der Waals surface area contributed by atoms with Crippen LogP contribution in [0.15, 0.2) is 164 Å². The zero-order valence-electron chi connectivity index (χ0n) is 30.1. The van der Waals surface area contributed by atoms with Gasteiger partial charge in [0.1, 0.15) is 5.69 Å². The van der Waals surface area contributed by atoms with Gasteiger partial charge in [0.15, 0.2) is 11.5 Å². The van der Waals surface area contributed by atoms with Gasteiger partial charge in [0.2, 0.25) is 0 Å². The third-order valence-corrected chi connectivity index (χ3v) is 10.9. The van der Waals surface area contributed by atoms with E-state index in [4.69, 9.17) is 9.72 Å². The van der Waals surface area contributed by atoms with Crippen molar-refractivity contribution in [1.29, 1.82) is 0 Å². The van der Waals surface area contributed by atoms with Gasteiger partial charge in [-0.05, 0) is 64.1 Å². The molecule has 56 heavy (non-hydrogen) atoms. The number of aromatic nitrogens is 4. The molecule has 0 spiro atoms. The van der Waals surface area contributed by atoms with Gasteiger partial charge in [-0.1, -0.05) is 145 Å². The summed E-state index contributed by atoms with van der Waals surface area (Å²) in [6, 6.07) is 55.3. The van der Waals surface area contributed by atoms with Crippen molar-refractivity contribution in [1.82, 2.24) is 14.0 Å². The minimum absolute atomic E-state index is 0. The molecule has 4 heterocycles. The summed E-state index contributed by atoms with van der Waals surface area (Å²) in [6.45, 7) is -0.0489. The molecule has 268 valence electrons. The fraction of sp³-hybridized carbons (Fsp3) is 0.0213. The molecular weight excluding hydrogens is 872 g/mol.